The standard InChI is InChI=1S/C14H15N7O3.C2HF3O2/c1-9-18-13(24-19-9)10-7-17-21(14(10)22)12-6-11(15-8-16-12)20-2-4-23-5-3-20;3-2(4,5)1(6)7/h6-8,17H,2-5H2,1H3;(H,6,7). The van der Waals surface area contributed by atoms with Gasteiger partial charge in [-0.1, -0.05) is 5.16 Å². The van der Waals surface area contributed by atoms with Gasteiger partial charge in [0.2, 0.25) is 0 Å². The summed E-state index contributed by atoms with van der Waals surface area (Å²) >= 11 is 0. The fourth-order valence-electron chi connectivity index (χ4n) is 2.52. The number of H-pyrrole nitrogens is 1. The van der Waals surface area contributed by atoms with Crippen LogP contribution in [-0.2, 0) is 9.53 Å². The summed E-state index contributed by atoms with van der Waals surface area (Å²) in [7, 11) is 0. The Labute approximate surface area is 171 Å². The molecule has 3 aromatic heterocycles. The predicted octanol–water partition coefficient (Wildman–Crippen LogP) is 0.784. The fourth-order valence-corrected chi connectivity index (χ4v) is 2.52. The number of carboxylic acid groups (broad SMARTS) is 1. The van der Waals surface area contributed by atoms with Gasteiger partial charge in [0, 0.05) is 25.4 Å². The number of alkyl halides is 3. The third kappa shape index (κ3) is 5.25. The molecule has 1 fully saturated rings. The Hall–Kier alpha value is -3.75. The van der Waals surface area contributed by atoms with Crippen molar-refractivity contribution in [3.05, 3.63) is 34.8 Å². The summed E-state index contributed by atoms with van der Waals surface area (Å²) in [6, 6.07) is 1.76. The minimum atomic E-state index is -5.08. The lowest BCUT2D eigenvalue weighted by molar-refractivity contribution is -0.192. The number of aliphatic carboxylic acids is 1. The SMILES string of the molecule is Cc1noc(-c2c[nH]n(-c3cc(N4CCOCC4)ncn3)c2=O)n1.O=C(O)C(F)(F)F. The molecular weight excluding hydrogens is 427 g/mol. The van der Waals surface area contributed by atoms with Gasteiger partial charge in [-0.2, -0.15) is 18.2 Å². The molecule has 0 radical (unpaired) electrons. The van der Waals surface area contributed by atoms with Crippen LogP contribution in [0.25, 0.3) is 17.3 Å². The minimum Gasteiger partial charge on any atom is -0.475 e. The number of morpholine rings is 1. The Kier molecular flexibility index (Phi) is 6.33. The number of carboxylic acids is 1. The highest BCUT2D eigenvalue weighted by Crippen LogP contribution is 2.16. The van der Waals surface area contributed by atoms with E-state index in [1.54, 1.807) is 13.0 Å². The van der Waals surface area contributed by atoms with Crippen molar-refractivity contribution in [3.8, 4) is 17.3 Å². The van der Waals surface area contributed by atoms with Gasteiger partial charge in [-0.3, -0.25) is 9.89 Å². The number of rotatable bonds is 3. The van der Waals surface area contributed by atoms with Crippen LogP contribution in [0.15, 0.2) is 27.9 Å². The molecule has 12 nitrogen and oxygen atoms in total. The van der Waals surface area contributed by atoms with Crippen molar-refractivity contribution in [2.45, 2.75) is 13.1 Å². The van der Waals surface area contributed by atoms with E-state index < -0.39 is 12.1 Å². The van der Waals surface area contributed by atoms with Crippen LogP contribution >= 0.6 is 0 Å². The van der Waals surface area contributed by atoms with Crippen LogP contribution in [-0.4, -0.2) is 73.4 Å². The number of aryl methyl sites for hydroxylation is 1. The molecule has 4 rings (SSSR count). The van der Waals surface area contributed by atoms with E-state index in [0.29, 0.717) is 30.4 Å². The van der Waals surface area contributed by atoms with Crippen molar-refractivity contribution < 1.29 is 32.3 Å². The molecule has 4 heterocycles. The lowest BCUT2D eigenvalue weighted by atomic mass is 10.3. The average Bonchev–Trinajstić information content (AvgIpc) is 3.34. The third-order valence-electron chi connectivity index (χ3n) is 3.97. The topological polar surface area (TPSA) is 152 Å². The van der Waals surface area contributed by atoms with Crippen LogP contribution in [0, 0.1) is 6.92 Å². The molecule has 0 unspecified atom stereocenters. The maximum absolute atomic E-state index is 12.6. The van der Waals surface area contributed by atoms with Gasteiger partial charge in [0.25, 0.3) is 11.4 Å². The summed E-state index contributed by atoms with van der Waals surface area (Å²) in [4.78, 5) is 36.1. The van der Waals surface area contributed by atoms with Crippen molar-refractivity contribution in [1.82, 2.24) is 29.9 Å². The van der Waals surface area contributed by atoms with Gasteiger partial charge in [0.15, 0.2) is 11.6 Å². The number of nitrogens with zero attached hydrogens (tertiary/aromatic N) is 6. The molecule has 15 heteroatoms. The van der Waals surface area contributed by atoms with Gasteiger partial charge >= 0.3 is 12.1 Å². The highest BCUT2D eigenvalue weighted by atomic mass is 19.4. The van der Waals surface area contributed by atoms with E-state index in [4.69, 9.17) is 19.2 Å². The molecule has 1 saturated heterocycles. The van der Waals surface area contributed by atoms with E-state index in [0.717, 1.165) is 18.9 Å². The number of hydrogen-bond acceptors (Lipinski definition) is 9. The number of anilines is 1. The summed E-state index contributed by atoms with van der Waals surface area (Å²) in [6.45, 7) is 4.51. The molecule has 166 valence electrons. The molecule has 0 atom stereocenters. The molecule has 2 N–H and O–H groups in total. The lowest BCUT2D eigenvalue weighted by Crippen LogP contribution is -2.36. The van der Waals surface area contributed by atoms with E-state index in [9.17, 15) is 18.0 Å². The summed E-state index contributed by atoms with van der Waals surface area (Å²) in [5, 5.41) is 13.7. The van der Waals surface area contributed by atoms with Crippen molar-refractivity contribution in [1.29, 1.82) is 0 Å². The van der Waals surface area contributed by atoms with Crippen molar-refractivity contribution >= 4 is 11.8 Å². The van der Waals surface area contributed by atoms with E-state index in [1.807, 2.05) is 0 Å². The number of ether oxygens (including phenoxy) is 1. The van der Waals surface area contributed by atoms with Gasteiger partial charge in [0.1, 0.15) is 17.7 Å². The van der Waals surface area contributed by atoms with E-state index >= 15 is 0 Å². The first-order valence-corrected chi connectivity index (χ1v) is 8.73. The van der Waals surface area contributed by atoms with Crippen molar-refractivity contribution in [2.24, 2.45) is 0 Å². The zero-order chi connectivity index (χ0) is 22.6. The Morgan fingerprint density at radius 2 is 1.87 bits per heavy atom. The van der Waals surface area contributed by atoms with Gasteiger partial charge < -0.3 is 19.3 Å². The van der Waals surface area contributed by atoms with E-state index in [1.165, 1.54) is 17.2 Å². The first kappa shape index (κ1) is 21.9. The zero-order valence-corrected chi connectivity index (χ0v) is 16.0. The second-order valence-electron chi connectivity index (χ2n) is 6.11. The molecule has 1 aliphatic rings. The first-order valence-electron chi connectivity index (χ1n) is 8.73. The van der Waals surface area contributed by atoms with Gasteiger partial charge in [-0.25, -0.2) is 19.4 Å². The first-order chi connectivity index (χ1) is 14.7. The number of nitrogens with one attached hydrogen (secondary N) is 1. The molecule has 0 amide bonds. The largest absolute Gasteiger partial charge is 0.490 e. The third-order valence-corrected chi connectivity index (χ3v) is 3.97. The number of aromatic amines is 1. The average molecular weight is 443 g/mol. The Morgan fingerprint density at radius 1 is 1.23 bits per heavy atom. The zero-order valence-electron chi connectivity index (χ0n) is 16.0. The number of hydrogen-bond donors (Lipinski definition) is 2. The van der Waals surface area contributed by atoms with Crippen LogP contribution in [0.4, 0.5) is 19.0 Å². The highest BCUT2D eigenvalue weighted by molar-refractivity contribution is 5.73. The Balaban J connectivity index is 0.000000339. The van der Waals surface area contributed by atoms with Gasteiger partial charge in [-0.05, 0) is 6.92 Å². The van der Waals surface area contributed by atoms with Crippen molar-refractivity contribution in [2.75, 3.05) is 31.2 Å². The lowest BCUT2D eigenvalue weighted by Gasteiger charge is -2.27. The fraction of sp³-hybridized carbons (Fsp3) is 0.375. The Bertz CT molecular complexity index is 1100. The molecule has 31 heavy (non-hydrogen) atoms. The maximum Gasteiger partial charge on any atom is 0.490 e. The molecule has 0 spiro atoms. The molecule has 0 bridgehead atoms. The summed E-state index contributed by atoms with van der Waals surface area (Å²) in [5.74, 6) is -0.921. The normalized spacial score (nSPS) is 14.1. The second kappa shape index (κ2) is 8.95. The second-order valence-corrected chi connectivity index (χ2v) is 6.11. The van der Waals surface area contributed by atoms with Gasteiger partial charge in [-0.15, -0.1) is 0 Å². The molecule has 0 saturated carbocycles. The van der Waals surface area contributed by atoms with Crippen LogP contribution in [0.2, 0.25) is 0 Å². The van der Waals surface area contributed by atoms with E-state index in [-0.39, 0.29) is 11.4 Å². The number of carbonyl (C=O) groups is 1. The molecule has 3 aromatic rings. The van der Waals surface area contributed by atoms with Crippen LogP contribution in [0.3, 0.4) is 0 Å². The van der Waals surface area contributed by atoms with Crippen molar-refractivity contribution in [3.63, 3.8) is 0 Å². The quantitative estimate of drug-likeness (QED) is 0.594. The minimum absolute atomic E-state index is 0.176. The molecule has 1 aliphatic heterocycles. The predicted molar refractivity (Wildman–Crippen MR) is 96.7 cm³/mol. The Morgan fingerprint density at radius 3 is 2.45 bits per heavy atom. The maximum atomic E-state index is 12.6. The van der Waals surface area contributed by atoms with Crippen LogP contribution in [0.1, 0.15) is 5.82 Å². The van der Waals surface area contributed by atoms with Crippen LogP contribution < -0.4 is 10.5 Å². The summed E-state index contributed by atoms with van der Waals surface area (Å²) < 4.78 is 43.4. The molecular formula is C16H16F3N7O5. The monoisotopic (exact) mass is 443 g/mol. The highest BCUT2D eigenvalue weighted by Gasteiger charge is 2.38. The summed E-state index contributed by atoms with van der Waals surface area (Å²) in [6.07, 6.45) is -2.13. The number of aromatic nitrogens is 6. The van der Waals surface area contributed by atoms with Crippen LogP contribution in [0.5, 0.6) is 0 Å². The smallest absolute Gasteiger partial charge is 0.475 e. The molecule has 0 aromatic carbocycles. The van der Waals surface area contributed by atoms with E-state index in [2.05, 4.69) is 30.1 Å². The molecule has 0 aliphatic carbocycles. The summed E-state index contributed by atoms with van der Waals surface area (Å²) in [5.41, 5.74) is -0.0209. The number of halogens is 3. The van der Waals surface area contributed by atoms with Gasteiger partial charge in [0.05, 0.1) is 13.2 Å².